The molecule has 0 aliphatic heterocycles. The molecule has 0 heterocycles. The Kier molecular flexibility index (Phi) is 11.4. The molecule has 216 valence electrons. The molecule has 0 aromatic carbocycles. The average molecular weight is 529 g/mol. The number of aliphatic hydroxyl groups excluding tert-OH is 4. The first-order valence-corrected chi connectivity index (χ1v) is 14.6. The molecule has 0 saturated carbocycles. The molecule has 0 saturated heterocycles. The molecule has 2 atom stereocenters. The minimum atomic E-state index is -0.635. The van der Waals surface area contributed by atoms with Gasteiger partial charge in [-0.2, -0.15) is 0 Å². The number of aliphatic hydroxyl groups is 4. The third kappa shape index (κ3) is 10.3. The van der Waals surface area contributed by atoms with Crippen LogP contribution in [-0.4, -0.2) is 45.8 Å². The Hall–Kier alpha value is -1.46. The van der Waals surface area contributed by atoms with Gasteiger partial charge in [0.1, 0.15) is 0 Å². The maximum atomic E-state index is 11.2. The third-order valence-electron chi connectivity index (χ3n) is 7.99. The van der Waals surface area contributed by atoms with Crippen molar-refractivity contribution < 1.29 is 20.4 Å². The number of unbranched alkanes of at least 4 members (excludes halogenated alkanes) is 2. The lowest BCUT2D eigenvalue weighted by molar-refractivity contribution is 0.147. The Morgan fingerprint density at radius 3 is 1.29 bits per heavy atom. The van der Waals surface area contributed by atoms with E-state index in [9.17, 15) is 20.4 Å². The summed E-state index contributed by atoms with van der Waals surface area (Å²) < 4.78 is 0. The summed E-state index contributed by atoms with van der Waals surface area (Å²) >= 11 is 0. The summed E-state index contributed by atoms with van der Waals surface area (Å²) in [4.78, 5) is 0. The summed E-state index contributed by atoms with van der Waals surface area (Å²) in [5.74, 6) is 0. The monoisotopic (exact) mass is 528 g/mol. The maximum absolute atomic E-state index is 11.2. The zero-order valence-electron chi connectivity index (χ0n) is 25.5. The van der Waals surface area contributed by atoms with Crippen LogP contribution in [0.4, 0.5) is 0 Å². The van der Waals surface area contributed by atoms with Gasteiger partial charge >= 0.3 is 0 Å². The van der Waals surface area contributed by atoms with Crippen LogP contribution in [-0.2, 0) is 0 Å². The van der Waals surface area contributed by atoms with E-state index < -0.39 is 12.2 Å². The zero-order chi connectivity index (χ0) is 28.8. The zero-order valence-corrected chi connectivity index (χ0v) is 25.5. The molecule has 0 aromatic rings. The van der Waals surface area contributed by atoms with Crippen molar-refractivity contribution in [3.05, 3.63) is 58.7 Å². The van der Waals surface area contributed by atoms with Gasteiger partial charge in [-0.25, -0.2) is 0 Å². The summed E-state index contributed by atoms with van der Waals surface area (Å²) in [7, 11) is 0. The van der Waals surface area contributed by atoms with Crippen LogP contribution in [0.2, 0.25) is 0 Å². The molecule has 2 unspecified atom stereocenters. The summed E-state index contributed by atoms with van der Waals surface area (Å²) in [6, 6.07) is 0. The second-order valence-corrected chi connectivity index (χ2v) is 14.6. The van der Waals surface area contributed by atoms with Crippen LogP contribution >= 0.6 is 0 Å². The van der Waals surface area contributed by atoms with Crippen molar-refractivity contribution in [2.75, 3.05) is 13.2 Å². The van der Waals surface area contributed by atoms with Gasteiger partial charge in [-0.1, -0.05) is 105 Å². The van der Waals surface area contributed by atoms with Crippen LogP contribution in [0.1, 0.15) is 107 Å². The van der Waals surface area contributed by atoms with Gasteiger partial charge in [-0.05, 0) is 71.6 Å². The molecule has 0 radical (unpaired) electrons. The highest BCUT2D eigenvalue weighted by atomic mass is 16.3. The first kappa shape index (κ1) is 32.8. The van der Waals surface area contributed by atoms with Gasteiger partial charge in [-0.3, -0.25) is 0 Å². The van der Waals surface area contributed by atoms with Crippen LogP contribution in [0.15, 0.2) is 58.7 Å². The molecule has 0 bridgehead atoms. The minimum Gasteiger partial charge on any atom is -0.396 e. The molecule has 0 amide bonds. The molecular formula is C34H56O4. The van der Waals surface area contributed by atoms with E-state index in [2.05, 4.69) is 79.7 Å². The number of hydrogen-bond acceptors (Lipinski definition) is 4. The van der Waals surface area contributed by atoms with Gasteiger partial charge in [0.2, 0.25) is 0 Å². The Morgan fingerprint density at radius 2 is 0.974 bits per heavy atom. The molecular weight excluding hydrogens is 472 g/mol. The van der Waals surface area contributed by atoms with Crippen LogP contribution < -0.4 is 0 Å². The van der Waals surface area contributed by atoms with Crippen molar-refractivity contribution >= 4 is 0 Å². The summed E-state index contributed by atoms with van der Waals surface area (Å²) in [5.41, 5.74) is 3.48. The molecule has 2 rings (SSSR count). The second-order valence-electron chi connectivity index (χ2n) is 14.6. The first-order chi connectivity index (χ1) is 17.5. The van der Waals surface area contributed by atoms with Gasteiger partial charge in [0.25, 0.3) is 0 Å². The van der Waals surface area contributed by atoms with Crippen molar-refractivity contribution in [2.45, 2.75) is 119 Å². The van der Waals surface area contributed by atoms with E-state index in [4.69, 9.17) is 0 Å². The molecule has 2 aliphatic carbocycles. The van der Waals surface area contributed by atoms with Gasteiger partial charge in [0, 0.05) is 24.0 Å². The minimum absolute atomic E-state index is 0.0573. The summed E-state index contributed by atoms with van der Waals surface area (Å²) in [6.07, 6.45) is 19.0. The Morgan fingerprint density at radius 1 is 0.632 bits per heavy atom. The molecule has 4 heteroatoms. The standard InChI is InChI=1S/C34H56O4/c1-31(2,23-35)17-11-9-13-25-19-33(5,6)21-27(29(25)37)15-16-28-22-34(7,8)20-26(30(28)38)14-10-12-18-32(3,4)24-36/h15-16,19-22,29-30,35-38H,9-14,17-18,23-24H2,1-8H3/b16-15-. The van der Waals surface area contributed by atoms with Gasteiger partial charge in [0.05, 0.1) is 12.2 Å². The Bertz CT molecular complexity index is 864. The SMILES string of the molecule is CC1(C)C=C(/C=C\C2=CC(C)(C)C=C(CCCCC(C)(C)CO)C2O)C(O)C(CCCCC(C)(C)CO)=C1. The van der Waals surface area contributed by atoms with E-state index in [0.29, 0.717) is 0 Å². The highest BCUT2D eigenvalue weighted by Crippen LogP contribution is 2.38. The van der Waals surface area contributed by atoms with Crippen molar-refractivity contribution in [1.82, 2.24) is 0 Å². The molecule has 0 aromatic heterocycles. The topological polar surface area (TPSA) is 80.9 Å². The van der Waals surface area contributed by atoms with E-state index in [-0.39, 0.29) is 34.9 Å². The predicted molar refractivity (Wildman–Crippen MR) is 160 cm³/mol. The van der Waals surface area contributed by atoms with Crippen molar-refractivity contribution in [3.8, 4) is 0 Å². The van der Waals surface area contributed by atoms with Crippen LogP contribution in [0.3, 0.4) is 0 Å². The highest BCUT2D eigenvalue weighted by Gasteiger charge is 2.28. The first-order valence-electron chi connectivity index (χ1n) is 14.6. The molecule has 2 aliphatic rings. The van der Waals surface area contributed by atoms with Crippen molar-refractivity contribution in [3.63, 3.8) is 0 Å². The maximum Gasteiger partial charge on any atom is 0.0998 e. The van der Waals surface area contributed by atoms with Crippen molar-refractivity contribution in [1.29, 1.82) is 0 Å². The largest absolute Gasteiger partial charge is 0.396 e. The molecule has 4 N–H and O–H groups in total. The van der Waals surface area contributed by atoms with Crippen LogP contribution in [0, 0.1) is 21.7 Å². The smallest absolute Gasteiger partial charge is 0.0998 e. The second kappa shape index (κ2) is 13.3. The van der Waals surface area contributed by atoms with E-state index in [0.717, 1.165) is 73.7 Å². The highest BCUT2D eigenvalue weighted by molar-refractivity contribution is 5.45. The lowest BCUT2D eigenvalue weighted by Gasteiger charge is -2.31. The normalized spacial score (nSPS) is 23.7. The molecule has 0 fully saturated rings. The van der Waals surface area contributed by atoms with E-state index in [1.807, 2.05) is 12.2 Å². The summed E-state index contributed by atoms with van der Waals surface area (Å²) in [6.45, 7) is 17.4. The fourth-order valence-corrected chi connectivity index (χ4v) is 5.55. The Balaban J connectivity index is 2.06. The Labute approximate surface area is 232 Å². The van der Waals surface area contributed by atoms with Crippen LogP contribution in [0.5, 0.6) is 0 Å². The van der Waals surface area contributed by atoms with Crippen molar-refractivity contribution in [2.24, 2.45) is 21.7 Å². The number of rotatable bonds is 14. The lowest BCUT2D eigenvalue weighted by Crippen LogP contribution is -2.24. The fourth-order valence-electron chi connectivity index (χ4n) is 5.55. The van der Waals surface area contributed by atoms with E-state index in [1.165, 1.54) is 0 Å². The lowest BCUT2D eigenvalue weighted by atomic mass is 9.77. The number of hydrogen-bond donors (Lipinski definition) is 4. The van der Waals surface area contributed by atoms with E-state index >= 15 is 0 Å². The average Bonchev–Trinajstić information content (AvgIpc) is 2.82. The quantitative estimate of drug-likeness (QED) is 0.142. The molecule has 4 nitrogen and oxygen atoms in total. The van der Waals surface area contributed by atoms with Gasteiger partial charge in [-0.15, -0.1) is 0 Å². The molecule has 38 heavy (non-hydrogen) atoms. The van der Waals surface area contributed by atoms with E-state index in [1.54, 1.807) is 0 Å². The molecule has 0 spiro atoms. The fraction of sp³-hybridized carbons (Fsp3) is 0.706. The van der Waals surface area contributed by atoms with Gasteiger partial charge < -0.3 is 20.4 Å². The van der Waals surface area contributed by atoms with Crippen LogP contribution in [0.25, 0.3) is 0 Å². The summed E-state index contributed by atoms with van der Waals surface area (Å²) in [5, 5.41) is 41.4. The predicted octanol–water partition coefficient (Wildman–Crippen LogP) is 7.21. The van der Waals surface area contributed by atoms with Gasteiger partial charge in [0.15, 0.2) is 0 Å². The number of allylic oxidation sites excluding steroid dienone is 4. The third-order valence-corrected chi connectivity index (χ3v) is 7.99.